The number of unbranched alkanes of at least 4 members (excludes halogenated alkanes) is 1. The Bertz CT molecular complexity index is 958. The predicted octanol–water partition coefficient (Wildman–Crippen LogP) is 1.92. The van der Waals surface area contributed by atoms with Gasteiger partial charge in [-0.3, -0.25) is 9.59 Å². The Morgan fingerprint density at radius 2 is 1.92 bits per heavy atom. The number of nitrogens with zero attached hydrogens (tertiary/aromatic N) is 4. The molecule has 1 aromatic rings. The highest BCUT2D eigenvalue weighted by Gasteiger charge is 2.50. The largest absolute Gasteiger partial charge is 0.445 e. The number of rotatable bonds is 11. The van der Waals surface area contributed by atoms with E-state index in [2.05, 4.69) is 24.1 Å². The molecule has 0 unspecified atom stereocenters. The molecule has 2 heterocycles. The van der Waals surface area contributed by atoms with Gasteiger partial charge in [-0.05, 0) is 24.8 Å². The molecule has 3 rings (SSSR count). The summed E-state index contributed by atoms with van der Waals surface area (Å²) in [6.07, 6.45) is 2.86. The summed E-state index contributed by atoms with van der Waals surface area (Å²) in [7, 11) is 1.71. The van der Waals surface area contributed by atoms with Crippen molar-refractivity contribution in [1.29, 1.82) is 0 Å². The Balaban J connectivity index is 1.74. The van der Waals surface area contributed by atoms with Crippen molar-refractivity contribution in [2.24, 2.45) is 0 Å². The first-order valence-electron chi connectivity index (χ1n) is 12.8. The summed E-state index contributed by atoms with van der Waals surface area (Å²) < 4.78 is 4.91. The number of carbonyl (C=O) groups is 4. The molecule has 5 amide bonds. The molecule has 0 spiro atoms. The number of carbonyl (C=O) groups excluding carboxylic acids is 4. The number of fused-ring (bicyclic) bond motifs is 1. The van der Waals surface area contributed by atoms with Crippen LogP contribution in [-0.2, 0) is 20.9 Å². The lowest BCUT2D eigenvalue weighted by Crippen LogP contribution is -2.76. The predicted molar refractivity (Wildman–Crippen MR) is 138 cm³/mol. The number of nitrogens with one attached hydrogen (secondary N) is 2. The van der Waals surface area contributed by atoms with Gasteiger partial charge in [0.2, 0.25) is 11.8 Å². The summed E-state index contributed by atoms with van der Waals surface area (Å²) >= 11 is 0. The zero-order valence-corrected chi connectivity index (χ0v) is 21.7. The van der Waals surface area contributed by atoms with Crippen molar-refractivity contribution >= 4 is 23.9 Å². The van der Waals surface area contributed by atoms with Crippen LogP contribution in [0.3, 0.4) is 0 Å². The summed E-state index contributed by atoms with van der Waals surface area (Å²) in [5.74, 6) is -0.326. The number of urea groups is 1. The second-order valence-electron chi connectivity index (χ2n) is 9.20. The third-order valence-electron chi connectivity index (χ3n) is 6.47. The number of hydrogen-bond acceptors (Lipinski definition) is 6. The van der Waals surface area contributed by atoms with E-state index >= 15 is 0 Å². The first-order chi connectivity index (χ1) is 17.9. The van der Waals surface area contributed by atoms with Crippen molar-refractivity contribution in [3.8, 4) is 0 Å². The molecule has 0 saturated carbocycles. The van der Waals surface area contributed by atoms with E-state index in [0.29, 0.717) is 32.5 Å². The second-order valence-corrected chi connectivity index (χ2v) is 9.20. The number of hydrogen-bond donors (Lipinski definition) is 2. The Kier molecular flexibility index (Phi) is 10.3. The average molecular weight is 515 g/mol. The quantitative estimate of drug-likeness (QED) is 0.345. The molecule has 37 heavy (non-hydrogen) atoms. The Labute approximate surface area is 218 Å². The van der Waals surface area contributed by atoms with Crippen LogP contribution in [0.1, 0.15) is 38.2 Å². The molecule has 2 saturated heterocycles. The van der Waals surface area contributed by atoms with Gasteiger partial charge >= 0.3 is 12.1 Å². The normalized spacial score (nSPS) is 19.9. The molecule has 202 valence electrons. The summed E-state index contributed by atoms with van der Waals surface area (Å²) in [4.78, 5) is 55.0. The summed E-state index contributed by atoms with van der Waals surface area (Å²) in [6, 6.07) is 8.54. The lowest BCUT2D eigenvalue weighted by Gasteiger charge is -2.54. The molecule has 0 aromatic heterocycles. The van der Waals surface area contributed by atoms with E-state index in [9.17, 15) is 19.2 Å². The zero-order chi connectivity index (χ0) is 26.8. The minimum atomic E-state index is -0.716. The number of hydrazine groups is 1. The van der Waals surface area contributed by atoms with Crippen molar-refractivity contribution in [2.75, 3.05) is 39.8 Å². The molecule has 2 aliphatic rings. The average Bonchev–Trinajstić information content (AvgIpc) is 2.89. The van der Waals surface area contributed by atoms with Gasteiger partial charge in [-0.15, -0.1) is 0 Å². The van der Waals surface area contributed by atoms with Crippen LogP contribution >= 0.6 is 0 Å². The Hall–Kier alpha value is -3.60. The molecule has 0 bridgehead atoms. The van der Waals surface area contributed by atoms with Crippen molar-refractivity contribution < 1.29 is 23.9 Å². The van der Waals surface area contributed by atoms with Crippen LogP contribution in [0.5, 0.6) is 0 Å². The smallest absolute Gasteiger partial charge is 0.407 e. The van der Waals surface area contributed by atoms with Crippen molar-refractivity contribution in [1.82, 2.24) is 30.5 Å². The lowest BCUT2D eigenvalue weighted by molar-refractivity contribution is -0.187. The highest BCUT2D eigenvalue weighted by molar-refractivity contribution is 5.91. The molecule has 2 atom stereocenters. The first kappa shape index (κ1) is 28.0. The minimum absolute atomic E-state index is 0.0138. The first-order valence-corrected chi connectivity index (χ1v) is 12.8. The fraction of sp³-hybridized carbons (Fsp3) is 0.538. The van der Waals surface area contributed by atoms with Crippen molar-refractivity contribution in [3.63, 3.8) is 0 Å². The van der Waals surface area contributed by atoms with Gasteiger partial charge < -0.3 is 25.2 Å². The van der Waals surface area contributed by atoms with Crippen LogP contribution in [0.4, 0.5) is 9.59 Å². The van der Waals surface area contributed by atoms with Crippen LogP contribution in [0.25, 0.3) is 0 Å². The minimum Gasteiger partial charge on any atom is -0.445 e. The van der Waals surface area contributed by atoms with Gasteiger partial charge in [0.15, 0.2) is 0 Å². The number of likely N-dealkylation sites (N-methyl/N-ethyl adjacent to an activating group) is 1. The van der Waals surface area contributed by atoms with E-state index in [1.165, 1.54) is 6.08 Å². The van der Waals surface area contributed by atoms with Crippen LogP contribution in [0, 0.1) is 0 Å². The molecule has 2 N–H and O–H groups in total. The SMILES string of the molecule is C=CCOC(=O)NCCC[C@H]1C(=O)N(CCCC)C[C@H]2N1C(=O)CN(C)N2C(=O)NCc1ccccc1. The zero-order valence-electron chi connectivity index (χ0n) is 21.7. The molecule has 0 aliphatic carbocycles. The Morgan fingerprint density at radius 1 is 1.16 bits per heavy atom. The highest BCUT2D eigenvalue weighted by Crippen LogP contribution is 2.28. The van der Waals surface area contributed by atoms with Gasteiger partial charge in [-0.1, -0.05) is 56.3 Å². The maximum absolute atomic E-state index is 13.4. The van der Waals surface area contributed by atoms with Crippen molar-refractivity contribution in [3.05, 3.63) is 48.6 Å². The van der Waals surface area contributed by atoms with E-state index in [-0.39, 0.29) is 37.5 Å². The lowest BCUT2D eigenvalue weighted by atomic mass is 10.0. The van der Waals surface area contributed by atoms with Crippen molar-refractivity contribution in [2.45, 2.75) is 51.4 Å². The van der Waals surface area contributed by atoms with Crippen LogP contribution in [-0.4, -0.2) is 95.8 Å². The third kappa shape index (κ3) is 7.22. The molecular weight excluding hydrogens is 476 g/mol. The molecular formula is C26H38N6O5. The fourth-order valence-corrected chi connectivity index (χ4v) is 4.66. The topological polar surface area (TPSA) is 115 Å². The van der Waals surface area contributed by atoms with Gasteiger partial charge in [-0.2, -0.15) is 0 Å². The number of amides is 5. The van der Waals surface area contributed by atoms with E-state index < -0.39 is 18.3 Å². The fourth-order valence-electron chi connectivity index (χ4n) is 4.66. The van der Waals surface area contributed by atoms with E-state index in [0.717, 1.165) is 18.4 Å². The van der Waals surface area contributed by atoms with E-state index in [1.807, 2.05) is 30.3 Å². The standard InChI is InChI=1S/C26H38N6O5/c1-4-6-15-30-18-22-31(21(24(30)34)13-10-14-27-26(36)37-16-5-2)23(33)19-29(3)32(22)25(35)28-17-20-11-8-7-9-12-20/h5,7-9,11-12,21-22H,2,4,6,10,13-19H2,1,3H3,(H,27,36)(H,28,35)/t21-,22-/m0/s1. The summed E-state index contributed by atoms with van der Waals surface area (Å²) in [5, 5.41) is 8.76. The third-order valence-corrected chi connectivity index (χ3v) is 6.47. The monoisotopic (exact) mass is 514 g/mol. The highest BCUT2D eigenvalue weighted by atomic mass is 16.5. The number of alkyl carbamates (subject to hydrolysis) is 1. The molecule has 11 heteroatoms. The molecule has 2 aliphatic heterocycles. The van der Waals surface area contributed by atoms with Crippen LogP contribution < -0.4 is 10.6 Å². The van der Waals surface area contributed by atoms with Gasteiger partial charge in [0.05, 0.1) is 13.1 Å². The Morgan fingerprint density at radius 3 is 2.62 bits per heavy atom. The number of benzene rings is 1. The van der Waals surface area contributed by atoms with E-state index in [1.54, 1.807) is 26.9 Å². The van der Waals surface area contributed by atoms with Gasteiger partial charge in [-0.25, -0.2) is 19.6 Å². The number of piperazine rings is 1. The second kappa shape index (κ2) is 13.6. The molecule has 1 aromatic carbocycles. The molecule has 2 fully saturated rings. The van der Waals surface area contributed by atoms with Gasteiger partial charge in [0.1, 0.15) is 18.8 Å². The van der Waals surface area contributed by atoms with E-state index in [4.69, 9.17) is 4.74 Å². The van der Waals surface area contributed by atoms with Crippen LogP contribution in [0.15, 0.2) is 43.0 Å². The molecule has 0 radical (unpaired) electrons. The van der Waals surface area contributed by atoms with Crippen LogP contribution in [0.2, 0.25) is 0 Å². The summed E-state index contributed by atoms with van der Waals surface area (Å²) in [6.45, 7) is 7.09. The van der Waals surface area contributed by atoms with Gasteiger partial charge in [0, 0.05) is 26.7 Å². The number of ether oxygens (including phenoxy) is 1. The maximum atomic E-state index is 13.4. The molecule has 11 nitrogen and oxygen atoms in total. The summed E-state index contributed by atoms with van der Waals surface area (Å²) in [5.41, 5.74) is 0.962. The maximum Gasteiger partial charge on any atom is 0.407 e. The van der Waals surface area contributed by atoms with Gasteiger partial charge in [0.25, 0.3) is 0 Å².